The third kappa shape index (κ3) is 2.66. The molecular formula is C15H15N5. The van der Waals surface area contributed by atoms with E-state index >= 15 is 0 Å². The van der Waals surface area contributed by atoms with Crippen molar-refractivity contribution in [3.8, 4) is 11.4 Å². The average molecular weight is 265 g/mol. The highest BCUT2D eigenvalue weighted by Gasteiger charge is 2.06. The Morgan fingerprint density at radius 1 is 0.950 bits per heavy atom. The fourth-order valence-corrected chi connectivity index (χ4v) is 1.96. The largest absolute Gasteiger partial charge is 0.323 e. The molecule has 0 amide bonds. The van der Waals surface area contributed by atoms with Gasteiger partial charge in [-0.05, 0) is 13.8 Å². The standard InChI is InChI=1S/C15H15N5/c1-10-8-13(17-14-9-11(2)19-20-14)18-15(16-10)12-6-4-3-5-7-12/h3-9H,1-2H3,(H2,16,17,18,19,20). The van der Waals surface area contributed by atoms with Gasteiger partial charge in [0, 0.05) is 29.1 Å². The number of rotatable bonds is 3. The normalized spacial score (nSPS) is 10.5. The van der Waals surface area contributed by atoms with Gasteiger partial charge in [-0.1, -0.05) is 30.3 Å². The summed E-state index contributed by atoms with van der Waals surface area (Å²) in [6, 6.07) is 13.8. The fourth-order valence-electron chi connectivity index (χ4n) is 1.96. The predicted octanol–water partition coefficient (Wildman–Crippen LogP) is 3.23. The lowest BCUT2D eigenvalue weighted by Crippen LogP contribution is -1.99. The SMILES string of the molecule is Cc1cc(Nc2cc(C)[nH]n2)nc(-c2ccccc2)n1. The van der Waals surface area contributed by atoms with Crippen LogP contribution in [-0.4, -0.2) is 20.2 Å². The van der Waals surface area contributed by atoms with Crippen molar-refractivity contribution in [1.82, 2.24) is 20.2 Å². The Balaban J connectivity index is 1.94. The lowest BCUT2D eigenvalue weighted by Gasteiger charge is -2.06. The molecule has 0 aliphatic carbocycles. The third-order valence-electron chi connectivity index (χ3n) is 2.85. The molecule has 0 atom stereocenters. The molecule has 5 nitrogen and oxygen atoms in total. The molecule has 0 aliphatic heterocycles. The fraction of sp³-hybridized carbons (Fsp3) is 0.133. The van der Waals surface area contributed by atoms with E-state index in [1.807, 2.05) is 56.3 Å². The number of anilines is 2. The molecule has 3 rings (SSSR count). The van der Waals surface area contributed by atoms with Gasteiger partial charge in [0.15, 0.2) is 11.6 Å². The van der Waals surface area contributed by atoms with Crippen molar-refractivity contribution in [2.24, 2.45) is 0 Å². The summed E-state index contributed by atoms with van der Waals surface area (Å²) in [5.74, 6) is 2.20. The summed E-state index contributed by atoms with van der Waals surface area (Å²) < 4.78 is 0. The first kappa shape index (κ1) is 12.3. The molecule has 100 valence electrons. The van der Waals surface area contributed by atoms with Crippen LogP contribution in [0.4, 0.5) is 11.6 Å². The van der Waals surface area contributed by atoms with Crippen molar-refractivity contribution in [3.05, 3.63) is 53.9 Å². The van der Waals surface area contributed by atoms with E-state index in [2.05, 4.69) is 25.5 Å². The van der Waals surface area contributed by atoms with E-state index in [9.17, 15) is 0 Å². The minimum absolute atomic E-state index is 0.709. The summed E-state index contributed by atoms with van der Waals surface area (Å²) in [5.41, 5.74) is 2.91. The van der Waals surface area contributed by atoms with E-state index in [-0.39, 0.29) is 0 Å². The highest BCUT2D eigenvalue weighted by molar-refractivity contribution is 5.60. The first-order valence-corrected chi connectivity index (χ1v) is 6.41. The van der Waals surface area contributed by atoms with Gasteiger partial charge in [-0.3, -0.25) is 5.10 Å². The van der Waals surface area contributed by atoms with Crippen LogP contribution < -0.4 is 5.32 Å². The van der Waals surface area contributed by atoms with E-state index in [1.54, 1.807) is 0 Å². The zero-order chi connectivity index (χ0) is 13.9. The zero-order valence-corrected chi connectivity index (χ0v) is 11.4. The van der Waals surface area contributed by atoms with Crippen LogP contribution in [0.1, 0.15) is 11.4 Å². The third-order valence-corrected chi connectivity index (χ3v) is 2.85. The molecule has 20 heavy (non-hydrogen) atoms. The highest BCUT2D eigenvalue weighted by atomic mass is 15.2. The Bertz CT molecular complexity index is 718. The van der Waals surface area contributed by atoms with Gasteiger partial charge < -0.3 is 5.32 Å². The predicted molar refractivity (Wildman–Crippen MR) is 78.8 cm³/mol. The molecule has 0 radical (unpaired) electrons. The molecule has 0 saturated heterocycles. The Morgan fingerprint density at radius 2 is 1.75 bits per heavy atom. The average Bonchev–Trinajstić information content (AvgIpc) is 2.84. The van der Waals surface area contributed by atoms with Crippen LogP contribution in [-0.2, 0) is 0 Å². The number of aromatic amines is 1. The first-order valence-electron chi connectivity index (χ1n) is 6.41. The second kappa shape index (κ2) is 5.13. The van der Waals surface area contributed by atoms with Gasteiger partial charge >= 0.3 is 0 Å². The van der Waals surface area contributed by atoms with Crippen molar-refractivity contribution >= 4 is 11.6 Å². The summed E-state index contributed by atoms with van der Waals surface area (Å²) in [5, 5.41) is 10.2. The van der Waals surface area contributed by atoms with Crippen molar-refractivity contribution in [2.75, 3.05) is 5.32 Å². The second-order valence-corrected chi connectivity index (χ2v) is 4.65. The molecule has 3 aromatic rings. The molecule has 0 fully saturated rings. The minimum atomic E-state index is 0.709. The number of nitrogens with zero attached hydrogens (tertiary/aromatic N) is 3. The minimum Gasteiger partial charge on any atom is -0.323 e. The molecule has 5 heteroatoms. The van der Waals surface area contributed by atoms with Crippen LogP contribution in [0.3, 0.4) is 0 Å². The molecule has 0 unspecified atom stereocenters. The summed E-state index contributed by atoms with van der Waals surface area (Å²) in [6.07, 6.45) is 0. The van der Waals surface area contributed by atoms with Crippen LogP contribution in [0.2, 0.25) is 0 Å². The Hall–Kier alpha value is -2.69. The van der Waals surface area contributed by atoms with E-state index < -0.39 is 0 Å². The highest BCUT2D eigenvalue weighted by Crippen LogP contribution is 2.19. The van der Waals surface area contributed by atoms with Crippen LogP contribution >= 0.6 is 0 Å². The maximum atomic E-state index is 4.53. The molecule has 0 bridgehead atoms. The van der Waals surface area contributed by atoms with E-state index in [4.69, 9.17) is 0 Å². The summed E-state index contributed by atoms with van der Waals surface area (Å²) >= 11 is 0. The lowest BCUT2D eigenvalue weighted by atomic mass is 10.2. The smallest absolute Gasteiger partial charge is 0.161 e. The van der Waals surface area contributed by atoms with Gasteiger partial charge in [-0.15, -0.1) is 0 Å². The number of H-pyrrole nitrogens is 1. The lowest BCUT2D eigenvalue weighted by molar-refractivity contribution is 1.04. The number of aryl methyl sites for hydroxylation is 2. The second-order valence-electron chi connectivity index (χ2n) is 4.65. The van der Waals surface area contributed by atoms with Crippen molar-refractivity contribution in [1.29, 1.82) is 0 Å². The molecule has 2 aromatic heterocycles. The Morgan fingerprint density at radius 3 is 2.45 bits per heavy atom. The van der Waals surface area contributed by atoms with Gasteiger partial charge in [-0.2, -0.15) is 5.10 Å². The Kier molecular flexibility index (Phi) is 3.16. The topological polar surface area (TPSA) is 66.5 Å². The molecule has 0 spiro atoms. The number of aromatic nitrogens is 4. The Labute approximate surface area is 117 Å². The molecule has 2 N–H and O–H groups in total. The van der Waals surface area contributed by atoms with Gasteiger partial charge in [-0.25, -0.2) is 9.97 Å². The van der Waals surface area contributed by atoms with E-state index in [0.717, 1.165) is 28.6 Å². The monoisotopic (exact) mass is 265 g/mol. The van der Waals surface area contributed by atoms with Crippen molar-refractivity contribution in [2.45, 2.75) is 13.8 Å². The summed E-state index contributed by atoms with van der Waals surface area (Å²) in [6.45, 7) is 3.91. The van der Waals surface area contributed by atoms with Gasteiger partial charge in [0.25, 0.3) is 0 Å². The number of benzene rings is 1. The molecule has 0 aliphatic rings. The quantitative estimate of drug-likeness (QED) is 0.763. The van der Waals surface area contributed by atoms with E-state index in [0.29, 0.717) is 5.82 Å². The number of hydrogen-bond donors (Lipinski definition) is 2. The maximum Gasteiger partial charge on any atom is 0.161 e. The first-order chi connectivity index (χ1) is 9.70. The van der Waals surface area contributed by atoms with Gasteiger partial charge in [0.1, 0.15) is 5.82 Å². The zero-order valence-electron chi connectivity index (χ0n) is 11.4. The van der Waals surface area contributed by atoms with Crippen LogP contribution in [0, 0.1) is 13.8 Å². The number of hydrogen-bond acceptors (Lipinski definition) is 4. The van der Waals surface area contributed by atoms with Gasteiger partial charge in [0.2, 0.25) is 0 Å². The van der Waals surface area contributed by atoms with Gasteiger partial charge in [0.05, 0.1) is 0 Å². The molecular weight excluding hydrogens is 250 g/mol. The van der Waals surface area contributed by atoms with Crippen LogP contribution in [0.25, 0.3) is 11.4 Å². The maximum absolute atomic E-state index is 4.53. The summed E-state index contributed by atoms with van der Waals surface area (Å²) in [7, 11) is 0. The molecule has 0 saturated carbocycles. The van der Waals surface area contributed by atoms with Crippen LogP contribution in [0.5, 0.6) is 0 Å². The van der Waals surface area contributed by atoms with E-state index in [1.165, 1.54) is 0 Å². The molecule has 1 aromatic carbocycles. The summed E-state index contributed by atoms with van der Waals surface area (Å²) in [4.78, 5) is 9.00. The molecule has 2 heterocycles. The number of nitrogens with one attached hydrogen (secondary N) is 2. The van der Waals surface area contributed by atoms with Crippen molar-refractivity contribution in [3.63, 3.8) is 0 Å². The van der Waals surface area contributed by atoms with Crippen LogP contribution in [0.15, 0.2) is 42.5 Å². The van der Waals surface area contributed by atoms with Crippen molar-refractivity contribution < 1.29 is 0 Å².